The van der Waals surface area contributed by atoms with Crippen molar-refractivity contribution in [3.05, 3.63) is 34.9 Å². The van der Waals surface area contributed by atoms with Crippen LogP contribution in [-0.4, -0.2) is 49.3 Å². The Morgan fingerprint density at radius 3 is 2.74 bits per heavy atom. The van der Waals surface area contributed by atoms with Crippen LogP contribution in [0.1, 0.15) is 21.5 Å². The van der Waals surface area contributed by atoms with Crippen molar-refractivity contribution in [2.24, 2.45) is 5.73 Å². The molecule has 0 saturated heterocycles. The average Bonchev–Trinajstić information content (AvgIpc) is 2.31. The lowest BCUT2D eigenvalue weighted by molar-refractivity contribution is 0.0418. The highest BCUT2D eigenvalue weighted by molar-refractivity contribution is 5.93. The fourth-order valence-electron chi connectivity index (χ4n) is 1.99. The van der Waals surface area contributed by atoms with Gasteiger partial charge in [-0.05, 0) is 37.2 Å². The van der Waals surface area contributed by atoms with Crippen LogP contribution in [-0.2, 0) is 11.3 Å². The summed E-state index contributed by atoms with van der Waals surface area (Å²) in [4.78, 5) is 13.1. The molecular weight excluding hydrogens is 244 g/mol. The second-order valence-electron chi connectivity index (χ2n) is 4.81. The SMILES string of the molecule is COCC(O)CN(C)Cc1ccc(C(N)=O)cc1C. The number of aliphatic hydroxyl groups excluding tert-OH is 1. The maximum Gasteiger partial charge on any atom is 0.248 e. The first-order valence-corrected chi connectivity index (χ1v) is 6.19. The van der Waals surface area contributed by atoms with Gasteiger partial charge < -0.3 is 15.6 Å². The van der Waals surface area contributed by atoms with E-state index in [2.05, 4.69) is 0 Å². The van der Waals surface area contributed by atoms with Gasteiger partial charge in [-0.2, -0.15) is 0 Å². The van der Waals surface area contributed by atoms with Crippen LogP contribution in [0, 0.1) is 6.92 Å². The average molecular weight is 266 g/mol. The lowest BCUT2D eigenvalue weighted by Crippen LogP contribution is -2.31. The molecule has 1 rings (SSSR count). The number of hydrogen-bond acceptors (Lipinski definition) is 4. The number of primary amides is 1. The predicted molar refractivity (Wildman–Crippen MR) is 73.9 cm³/mol. The monoisotopic (exact) mass is 266 g/mol. The molecule has 0 bridgehead atoms. The Labute approximate surface area is 114 Å². The second-order valence-corrected chi connectivity index (χ2v) is 4.81. The molecular formula is C14H22N2O3. The van der Waals surface area contributed by atoms with Gasteiger partial charge in [0.1, 0.15) is 0 Å². The summed E-state index contributed by atoms with van der Waals surface area (Å²) in [7, 11) is 3.50. The van der Waals surface area contributed by atoms with Crippen LogP contribution in [0.2, 0.25) is 0 Å². The first kappa shape index (κ1) is 15.6. The van der Waals surface area contributed by atoms with Crippen molar-refractivity contribution in [1.29, 1.82) is 0 Å². The largest absolute Gasteiger partial charge is 0.389 e. The van der Waals surface area contributed by atoms with E-state index >= 15 is 0 Å². The molecule has 1 amide bonds. The van der Waals surface area contributed by atoms with Gasteiger partial charge in [0, 0.05) is 25.8 Å². The summed E-state index contributed by atoms with van der Waals surface area (Å²) in [5, 5.41) is 9.66. The predicted octanol–water partition coefficient (Wildman–Crippen LogP) is 0.533. The van der Waals surface area contributed by atoms with Gasteiger partial charge in [-0.15, -0.1) is 0 Å². The van der Waals surface area contributed by atoms with Gasteiger partial charge in [-0.25, -0.2) is 0 Å². The number of nitrogens with zero attached hydrogens (tertiary/aromatic N) is 1. The number of ether oxygens (including phenoxy) is 1. The number of benzene rings is 1. The van der Waals surface area contributed by atoms with Crippen molar-refractivity contribution in [3.8, 4) is 0 Å². The zero-order valence-electron chi connectivity index (χ0n) is 11.7. The summed E-state index contributed by atoms with van der Waals surface area (Å²) >= 11 is 0. The van der Waals surface area contributed by atoms with Crippen molar-refractivity contribution in [3.63, 3.8) is 0 Å². The van der Waals surface area contributed by atoms with E-state index in [1.807, 2.05) is 24.9 Å². The molecule has 5 heteroatoms. The molecule has 106 valence electrons. The van der Waals surface area contributed by atoms with Gasteiger partial charge in [0.05, 0.1) is 12.7 Å². The van der Waals surface area contributed by atoms with E-state index in [1.165, 1.54) is 0 Å². The molecule has 0 fully saturated rings. The third-order valence-electron chi connectivity index (χ3n) is 2.95. The summed E-state index contributed by atoms with van der Waals surface area (Å²) in [6.07, 6.45) is -0.500. The molecule has 0 aliphatic rings. The van der Waals surface area contributed by atoms with Crippen molar-refractivity contribution >= 4 is 5.91 Å². The number of nitrogens with two attached hydrogens (primary N) is 1. The van der Waals surface area contributed by atoms with Gasteiger partial charge >= 0.3 is 0 Å². The van der Waals surface area contributed by atoms with Gasteiger partial charge in [0.2, 0.25) is 5.91 Å². The van der Waals surface area contributed by atoms with Crippen molar-refractivity contribution in [1.82, 2.24) is 4.90 Å². The number of likely N-dealkylation sites (N-methyl/N-ethyl adjacent to an activating group) is 1. The minimum Gasteiger partial charge on any atom is -0.389 e. The Morgan fingerprint density at radius 1 is 1.53 bits per heavy atom. The molecule has 5 nitrogen and oxygen atoms in total. The Balaban J connectivity index is 2.64. The number of methoxy groups -OCH3 is 1. The van der Waals surface area contributed by atoms with Crippen molar-refractivity contribution in [2.75, 3.05) is 27.3 Å². The fourth-order valence-corrected chi connectivity index (χ4v) is 1.99. The van der Waals surface area contributed by atoms with Gasteiger partial charge in [-0.3, -0.25) is 9.69 Å². The molecule has 3 N–H and O–H groups in total. The van der Waals surface area contributed by atoms with Crippen LogP contribution in [0.4, 0.5) is 0 Å². The fraction of sp³-hybridized carbons (Fsp3) is 0.500. The van der Waals surface area contributed by atoms with E-state index in [9.17, 15) is 9.90 Å². The summed E-state index contributed by atoms with van der Waals surface area (Å²) in [5.74, 6) is -0.418. The van der Waals surface area contributed by atoms with Gasteiger partial charge in [-0.1, -0.05) is 6.07 Å². The normalized spacial score (nSPS) is 12.7. The lowest BCUT2D eigenvalue weighted by Gasteiger charge is -2.21. The quantitative estimate of drug-likeness (QED) is 0.755. The summed E-state index contributed by atoms with van der Waals surface area (Å²) < 4.78 is 4.89. The number of carbonyl (C=O) groups excluding carboxylic acids is 1. The standard InChI is InChI=1S/C14H22N2O3/c1-10-6-11(14(15)18)4-5-12(10)7-16(2)8-13(17)9-19-3/h4-6,13,17H,7-9H2,1-3H3,(H2,15,18). The highest BCUT2D eigenvalue weighted by Gasteiger charge is 2.10. The minimum atomic E-state index is -0.500. The highest BCUT2D eigenvalue weighted by atomic mass is 16.5. The zero-order valence-corrected chi connectivity index (χ0v) is 11.7. The first-order valence-electron chi connectivity index (χ1n) is 6.19. The van der Waals surface area contributed by atoms with Crippen LogP contribution >= 0.6 is 0 Å². The summed E-state index contributed by atoms with van der Waals surface area (Å²) in [6, 6.07) is 5.41. The smallest absolute Gasteiger partial charge is 0.248 e. The first-order chi connectivity index (χ1) is 8.93. The third-order valence-corrected chi connectivity index (χ3v) is 2.95. The molecule has 1 aromatic rings. The summed E-state index contributed by atoms with van der Waals surface area (Å²) in [6.45, 7) is 3.50. The van der Waals surface area contributed by atoms with E-state index < -0.39 is 12.0 Å². The Bertz CT molecular complexity index is 435. The number of aryl methyl sites for hydroxylation is 1. The lowest BCUT2D eigenvalue weighted by atomic mass is 10.0. The van der Waals surface area contributed by atoms with E-state index in [0.717, 1.165) is 11.1 Å². The topological polar surface area (TPSA) is 75.8 Å². The van der Waals surface area contributed by atoms with Crippen molar-refractivity contribution < 1.29 is 14.6 Å². The second kappa shape index (κ2) is 7.23. The van der Waals surface area contributed by atoms with Crippen LogP contribution < -0.4 is 5.73 Å². The van der Waals surface area contributed by atoms with E-state index in [4.69, 9.17) is 10.5 Å². The Kier molecular flexibility index (Phi) is 5.95. The van der Waals surface area contributed by atoms with E-state index in [0.29, 0.717) is 25.3 Å². The van der Waals surface area contributed by atoms with Crippen LogP contribution in [0.3, 0.4) is 0 Å². The Morgan fingerprint density at radius 2 is 2.21 bits per heavy atom. The molecule has 1 atom stereocenters. The zero-order chi connectivity index (χ0) is 14.4. The summed E-state index contributed by atoms with van der Waals surface area (Å²) in [5.41, 5.74) is 7.88. The number of amides is 1. The molecule has 1 unspecified atom stereocenters. The molecule has 0 spiro atoms. The molecule has 0 aromatic heterocycles. The molecule has 0 radical (unpaired) electrons. The molecule has 1 aromatic carbocycles. The van der Waals surface area contributed by atoms with Gasteiger partial charge in [0.25, 0.3) is 0 Å². The van der Waals surface area contributed by atoms with Crippen LogP contribution in [0.15, 0.2) is 18.2 Å². The minimum absolute atomic E-state index is 0.323. The van der Waals surface area contributed by atoms with Crippen LogP contribution in [0.25, 0.3) is 0 Å². The van der Waals surface area contributed by atoms with E-state index in [-0.39, 0.29) is 0 Å². The number of carbonyl (C=O) groups is 1. The number of aliphatic hydroxyl groups is 1. The molecule has 0 aliphatic carbocycles. The number of rotatable bonds is 7. The third kappa shape index (κ3) is 4.98. The Hall–Kier alpha value is -1.43. The maximum absolute atomic E-state index is 11.1. The highest BCUT2D eigenvalue weighted by Crippen LogP contribution is 2.13. The van der Waals surface area contributed by atoms with Crippen LogP contribution in [0.5, 0.6) is 0 Å². The molecule has 0 heterocycles. The molecule has 0 aliphatic heterocycles. The van der Waals surface area contributed by atoms with E-state index in [1.54, 1.807) is 19.2 Å². The molecule has 19 heavy (non-hydrogen) atoms. The maximum atomic E-state index is 11.1. The van der Waals surface area contributed by atoms with Crippen molar-refractivity contribution in [2.45, 2.75) is 19.6 Å². The molecule has 0 saturated carbocycles. The van der Waals surface area contributed by atoms with Gasteiger partial charge in [0.15, 0.2) is 0 Å². The number of hydrogen-bond donors (Lipinski definition) is 2.